The maximum Gasteiger partial charge on any atom is 0.255 e. The SMILES string of the molecule is O=C1NCCNc2ncc(Br)cc21. The lowest BCUT2D eigenvalue weighted by Crippen LogP contribution is -2.24. The lowest BCUT2D eigenvalue weighted by molar-refractivity contribution is 0.0957. The number of carbonyl (C=O) groups is 1. The zero-order valence-electron chi connectivity index (χ0n) is 6.80. The highest BCUT2D eigenvalue weighted by atomic mass is 79.9. The lowest BCUT2D eigenvalue weighted by Gasteiger charge is -2.03. The van der Waals surface area contributed by atoms with E-state index in [1.807, 2.05) is 0 Å². The molecular formula is C8H8BrN3O. The number of anilines is 1. The summed E-state index contributed by atoms with van der Waals surface area (Å²) in [4.78, 5) is 15.6. The Labute approximate surface area is 83.9 Å². The Hall–Kier alpha value is -1.10. The Balaban J connectivity index is 2.49. The summed E-state index contributed by atoms with van der Waals surface area (Å²) in [5.41, 5.74) is 0.590. The van der Waals surface area contributed by atoms with Gasteiger partial charge in [-0.1, -0.05) is 0 Å². The molecule has 1 amide bonds. The summed E-state index contributed by atoms with van der Waals surface area (Å²) < 4.78 is 0.810. The second-order valence-electron chi connectivity index (χ2n) is 2.73. The van der Waals surface area contributed by atoms with Crippen LogP contribution in [0.25, 0.3) is 0 Å². The minimum Gasteiger partial charge on any atom is -0.368 e. The van der Waals surface area contributed by atoms with Crippen molar-refractivity contribution in [1.29, 1.82) is 0 Å². The van der Waals surface area contributed by atoms with Crippen molar-refractivity contribution < 1.29 is 4.79 Å². The van der Waals surface area contributed by atoms with Crippen LogP contribution < -0.4 is 10.6 Å². The van der Waals surface area contributed by atoms with Crippen LogP contribution in [0.4, 0.5) is 5.82 Å². The summed E-state index contributed by atoms with van der Waals surface area (Å²) in [5, 5.41) is 5.83. The Morgan fingerprint density at radius 3 is 3.00 bits per heavy atom. The first-order valence-corrected chi connectivity index (χ1v) is 4.74. The Bertz CT molecular complexity index is 353. The van der Waals surface area contributed by atoms with Gasteiger partial charge in [0.1, 0.15) is 5.82 Å². The van der Waals surface area contributed by atoms with Crippen LogP contribution >= 0.6 is 15.9 Å². The molecule has 0 aromatic carbocycles. The van der Waals surface area contributed by atoms with Crippen LogP contribution in [0.3, 0.4) is 0 Å². The van der Waals surface area contributed by atoms with Gasteiger partial charge < -0.3 is 10.6 Å². The lowest BCUT2D eigenvalue weighted by atomic mass is 10.2. The summed E-state index contributed by atoms with van der Waals surface area (Å²) in [6.07, 6.45) is 1.67. The topological polar surface area (TPSA) is 54.0 Å². The van der Waals surface area contributed by atoms with Gasteiger partial charge in [-0.05, 0) is 22.0 Å². The molecule has 1 aromatic heterocycles. The van der Waals surface area contributed by atoms with E-state index in [-0.39, 0.29) is 5.91 Å². The monoisotopic (exact) mass is 241 g/mol. The first kappa shape index (κ1) is 8.50. The minimum absolute atomic E-state index is 0.0752. The maximum absolute atomic E-state index is 11.4. The summed E-state index contributed by atoms with van der Waals surface area (Å²) in [7, 11) is 0. The number of halogens is 1. The van der Waals surface area contributed by atoms with Gasteiger partial charge in [0, 0.05) is 23.8 Å². The zero-order valence-corrected chi connectivity index (χ0v) is 8.39. The average Bonchev–Trinajstić information content (AvgIpc) is 2.29. The molecule has 0 bridgehead atoms. The number of nitrogens with zero attached hydrogens (tertiary/aromatic N) is 1. The van der Waals surface area contributed by atoms with Crippen molar-refractivity contribution in [3.63, 3.8) is 0 Å². The standard InChI is InChI=1S/C8H8BrN3O/c9-5-3-6-7(12-4-5)10-1-2-11-8(6)13/h3-4H,1-2H2,(H,10,12)(H,11,13). The van der Waals surface area contributed by atoms with Crippen LogP contribution in [-0.2, 0) is 0 Å². The Kier molecular flexibility index (Phi) is 2.18. The number of aromatic nitrogens is 1. The third kappa shape index (κ3) is 1.65. The molecule has 0 spiro atoms. The van der Waals surface area contributed by atoms with Crippen molar-refractivity contribution in [3.8, 4) is 0 Å². The van der Waals surface area contributed by atoms with Crippen LogP contribution in [0.1, 0.15) is 10.4 Å². The van der Waals surface area contributed by atoms with Gasteiger partial charge in [0.25, 0.3) is 5.91 Å². The van der Waals surface area contributed by atoms with E-state index in [1.54, 1.807) is 12.3 Å². The van der Waals surface area contributed by atoms with Crippen LogP contribution in [0, 0.1) is 0 Å². The normalized spacial score (nSPS) is 15.3. The number of rotatable bonds is 0. The smallest absolute Gasteiger partial charge is 0.255 e. The Morgan fingerprint density at radius 1 is 1.38 bits per heavy atom. The van der Waals surface area contributed by atoms with Crippen molar-refractivity contribution in [2.24, 2.45) is 0 Å². The molecule has 2 N–H and O–H groups in total. The maximum atomic E-state index is 11.4. The molecule has 0 aliphatic carbocycles. The molecule has 1 aliphatic heterocycles. The quantitative estimate of drug-likeness (QED) is 0.713. The molecule has 13 heavy (non-hydrogen) atoms. The molecule has 0 unspecified atom stereocenters. The average molecular weight is 242 g/mol. The van der Waals surface area contributed by atoms with Gasteiger partial charge in [0.2, 0.25) is 0 Å². The first-order valence-electron chi connectivity index (χ1n) is 3.95. The largest absolute Gasteiger partial charge is 0.368 e. The third-order valence-electron chi connectivity index (χ3n) is 1.80. The fraction of sp³-hybridized carbons (Fsp3) is 0.250. The van der Waals surface area contributed by atoms with E-state index in [4.69, 9.17) is 0 Å². The molecule has 1 aliphatic rings. The summed E-state index contributed by atoms with van der Waals surface area (Å²) >= 11 is 3.27. The number of pyridine rings is 1. The Morgan fingerprint density at radius 2 is 2.15 bits per heavy atom. The summed E-state index contributed by atoms with van der Waals surface area (Å²) in [6, 6.07) is 1.76. The second-order valence-corrected chi connectivity index (χ2v) is 3.65. The van der Waals surface area contributed by atoms with Gasteiger partial charge >= 0.3 is 0 Å². The number of hydrogen-bond donors (Lipinski definition) is 2. The number of nitrogens with one attached hydrogen (secondary N) is 2. The molecule has 0 fully saturated rings. The third-order valence-corrected chi connectivity index (χ3v) is 2.24. The molecule has 2 rings (SSSR count). The van der Waals surface area contributed by atoms with Crippen LogP contribution in [-0.4, -0.2) is 24.0 Å². The number of fused-ring (bicyclic) bond motifs is 1. The van der Waals surface area contributed by atoms with Gasteiger partial charge in [-0.15, -0.1) is 0 Å². The molecule has 2 heterocycles. The van der Waals surface area contributed by atoms with E-state index in [9.17, 15) is 4.79 Å². The molecule has 1 aromatic rings. The highest BCUT2D eigenvalue weighted by Crippen LogP contribution is 2.18. The van der Waals surface area contributed by atoms with Gasteiger partial charge in [0.15, 0.2) is 0 Å². The fourth-order valence-corrected chi connectivity index (χ4v) is 1.54. The number of amides is 1. The molecule has 0 saturated carbocycles. The van der Waals surface area contributed by atoms with Crippen molar-refractivity contribution in [2.75, 3.05) is 18.4 Å². The van der Waals surface area contributed by atoms with E-state index < -0.39 is 0 Å². The first-order chi connectivity index (χ1) is 6.27. The van der Waals surface area contributed by atoms with Crippen molar-refractivity contribution >= 4 is 27.7 Å². The van der Waals surface area contributed by atoms with Crippen LogP contribution in [0.2, 0.25) is 0 Å². The van der Waals surface area contributed by atoms with E-state index in [2.05, 4.69) is 31.5 Å². The molecule has 68 valence electrons. The predicted octanol–water partition coefficient (Wildman–Crippen LogP) is 0.999. The van der Waals surface area contributed by atoms with Crippen molar-refractivity contribution in [2.45, 2.75) is 0 Å². The summed E-state index contributed by atoms with van der Waals surface area (Å²) in [5.74, 6) is 0.576. The van der Waals surface area contributed by atoms with E-state index in [0.29, 0.717) is 24.5 Å². The van der Waals surface area contributed by atoms with Gasteiger partial charge in [-0.25, -0.2) is 4.98 Å². The fourth-order valence-electron chi connectivity index (χ4n) is 1.21. The second kappa shape index (κ2) is 3.33. The van der Waals surface area contributed by atoms with Crippen LogP contribution in [0.5, 0.6) is 0 Å². The van der Waals surface area contributed by atoms with Crippen LogP contribution in [0.15, 0.2) is 16.7 Å². The molecule has 0 atom stereocenters. The zero-order chi connectivity index (χ0) is 9.26. The van der Waals surface area contributed by atoms with E-state index in [0.717, 1.165) is 4.47 Å². The number of hydrogen-bond acceptors (Lipinski definition) is 3. The van der Waals surface area contributed by atoms with Crippen molar-refractivity contribution in [3.05, 3.63) is 22.3 Å². The predicted molar refractivity (Wildman–Crippen MR) is 52.8 cm³/mol. The molecule has 0 radical (unpaired) electrons. The molecular weight excluding hydrogens is 234 g/mol. The molecule has 0 saturated heterocycles. The van der Waals surface area contributed by atoms with E-state index in [1.165, 1.54) is 0 Å². The minimum atomic E-state index is -0.0752. The highest BCUT2D eigenvalue weighted by molar-refractivity contribution is 9.10. The number of carbonyl (C=O) groups excluding carboxylic acids is 1. The van der Waals surface area contributed by atoms with E-state index >= 15 is 0 Å². The summed E-state index contributed by atoms with van der Waals surface area (Å²) in [6.45, 7) is 1.35. The molecule has 5 heteroatoms. The highest BCUT2D eigenvalue weighted by Gasteiger charge is 2.15. The molecule has 4 nitrogen and oxygen atoms in total. The van der Waals surface area contributed by atoms with Gasteiger partial charge in [0.05, 0.1) is 5.56 Å². The van der Waals surface area contributed by atoms with Gasteiger partial charge in [-0.3, -0.25) is 4.79 Å². The van der Waals surface area contributed by atoms with Crippen molar-refractivity contribution in [1.82, 2.24) is 10.3 Å². The van der Waals surface area contributed by atoms with Gasteiger partial charge in [-0.2, -0.15) is 0 Å².